The van der Waals surface area contributed by atoms with Gasteiger partial charge in [-0.15, -0.1) is 0 Å². The molecule has 0 aliphatic rings. The molecule has 218 valence electrons. The molecule has 6 aromatic carbocycles. The molecule has 0 saturated heterocycles. The molecule has 0 amide bonds. The van der Waals surface area contributed by atoms with Crippen LogP contribution in [0.1, 0.15) is 21.0 Å². The summed E-state index contributed by atoms with van der Waals surface area (Å²) in [6.07, 6.45) is 0. The van der Waals surface area contributed by atoms with Crippen LogP contribution in [0.5, 0.6) is 11.5 Å². The lowest BCUT2D eigenvalue weighted by atomic mass is 9.92. The maximum Gasteiger partial charge on any atom is 0.362 e. The van der Waals surface area contributed by atoms with Gasteiger partial charge in [0.2, 0.25) is 0 Å². The number of hydrogen-bond acceptors (Lipinski definition) is 6. The average Bonchev–Trinajstić information content (AvgIpc) is 3.11. The summed E-state index contributed by atoms with van der Waals surface area (Å²) in [6.45, 7) is 0. The van der Waals surface area contributed by atoms with Crippen molar-refractivity contribution in [1.82, 2.24) is 9.97 Å². The Balaban J connectivity index is 1.28. The Hall–Kier alpha value is -6.40. The van der Waals surface area contributed by atoms with E-state index in [0.29, 0.717) is 33.7 Å². The number of carbonyl (C=O) groups excluding carboxylic acids is 2. The van der Waals surface area contributed by atoms with Crippen LogP contribution in [0.4, 0.5) is 0 Å². The SMILES string of the molecule is O=C(Oc1ccc2ccccc2c1-c1c(OC(=O)c2ccc3ccccc3n2)ccc2ccccc12)c1ccc2ccccc2n1. The fourth-order valence-corrected chi connectivity index (χ4v) is 5.85. The number of nitrogens with zero attached hydrogens (tertiary/aromatic N) is 2. The van der Waals surface area contributed by atoms with Crippen molar-refractivity contribution in [2.24, 2.45) is 0 Å². The van der Waals surface area contributed by atoms with Crippen molar-refractivity contribution in [3.8, 4) is 22.6 Å². The summed E-state index contributed by atoms with van der Waals surface area (Å²) in [7, 11) is 0. The Bertz CT molecular complexity index is 2310. The van der Waals surface area contributed by atoms with Gasteiger partial charge in [0.05, 0.1) is 11.0 Å². The van der Waals surface area contributed by atoms with E-state index in [1.54, 1.807) is 24.3 Å². The van der Waals surface area contributed by atoms with Gasteiger partial charge in [0.25, 0.3) is 0 Å². The molecule has 0 fully saturated rings. The van der Waals surface area contributed by atoms with E-state index in [0.717, 1.165) is 32.3 Å². The van der Waals surface area contributed by atoms with E-state index in [2.05, 4.69) is 9.97 Å². The van der Waals surface area contributed by atoms with Crippen LogP contribution in [0.15, 0.2) is 146 Å². The second kappa shape index (κ2) is 11.3. The van der Waals surface area contributed by atoms with Crippen LogP contribution in [0.2, 0.25) is 0 Å². The molecule has 8 rings (SSSR count). The maximum atomic E-state index is 13.6. The van der Waals surface area contributed by atoms with Crippen molar-refractivity contribution in [3.05, 3.63) is 157 Å². The molecule has 46 heavy (non-hydrogen) atoms. The number of carbonyl (C=O) groups is 2. The molecule has 2 heterocycles. The number of rotatable bonds is 5. The van der Waals surface area contributed by atoms with Crippen molar-refractivity contribution < 1.29 is 19.1 Å². The quantitative estimate of drug-likeness (QED) is 0.146. The summed E-state index contributed by atoms with van der Waals surface area (Å²) < 4.78 is 12.3. The second-order valence-corrected chi connectivity index (χ2v) is 10.9. The van der Waals surface area contributed by atoms with E-state index in [-0.39, 0.29) is 11.4 Å². The Kier molecular flexibility index (Phi) is 6.65. The molecule has 2 aromatic heterocycles. The molecular weight excluding hydrogens is 572 g/mol. The predicted molar refractivity (Wildman–Crippen MR) is 180 cm³/mol. The summed E-state index contributed by atoms with van der Waals surface area (Å²) in [6, 6.07) is 45.3. The van der Waals surface area contributed by atoms with E-state index in [1.807, 2.05) is 121 Å². The van der Waals surface area contributed by atoms with E-state index >= 15 is 0 Å². The third-order valence-corrected chi connectivity index (χ3v) is 8.05. The lowest BCUT2D eigenvalue weighted by molar-refractivity contribution is 0.0718. The van der Waals surface area contributed by atoms with Gasteiger partial charge in [0.1, 0.15) is 22.9 Å². The van der Waals surface area contributed by atoms with Gasteiger partial charge in [-0.05, 0) is 57.9 Å². The topological polar surface area (TPSA) is 78.4 Å². The number of fused-ring (bicyclic) bond motifs is 4. The normalized spacial score (nSPS) is 11.2. The van der Waals surface area contributed by atoms with Crippen molar-refractivity contribution in [2.45, 2.75) is 0 Å². The van der Waals surface area contributed by atoms with E-state index in [4.69, 9.17) is 9.47 Å². The smallest absolute Gasteiger partial charge is 0.362 e. The highest BCUT2D eigenvalue weighted by molar-refractivity contribution is 6.11. The molecule has 0 radical (unpaired) electrons. The van der Waals surface area contributed by atoms with Crippen LogP contribution in [-0.2, 0) is 0 Å². The molecule has 0 unspecified atom stereocenters. The number of ether oxygens (including phenoxy) is 2. The van der Waals surface area contributed by atoms with Crippen molar-refractivity contribution in [1.29, 1.82) is 0 Å². The van der Waals surface area contributed by atoms with E-state index in [9.17, 15) is 9.59 Å². The first-order chi connectivity index (χ1) is 22.6. The van der Waals surface area contributed by atoms with Gasteiger partial charge in [-0.3, -0.25) is 0 Å². The maximum absolute atomic E-state index is 13.6. The monoisotopic (exact) mass is 596 g/mol. The molecular formula is C40H24N2O4. The standard InChI is InChI=1S/C40H24N2O4/c43-39(33-21-17-27-11-3-7-15-31(27)41-33)45-35-23-19-25-9-1-5-13-29(25)37(35)38-30-14-6-2-10-26(30)20-24-36(38)46-40(44)34-22-18-28-12-4-8-16-32(28)42-34/h1-24H. The van der Waals surface area contributed by atoms with Crippen LogP contribution in [0.25, 0.3) is 54.5 Å². The van der Waals surface area contributed by atoms with Gasteiger partial charge in [-0.1, -0.05) is 109 Å². The highest BCUT2D eigenvalue weighted by atomic mass is 16.5. The van der Waals surface area contributed by atoms with E-state index in [1.165, 1.54) is 0 Å². The summed E-state index contributed by atoms with van der Waals surface area (Å²) in [5.74, 6) is -0.560. The lowest BCUT2D eigenvalue weighted by Gasteiger charge is -2.18. The van der Waals surface area contributed by atoms with E-state index < -0.39 is 11.9 Å². The van der Waals surface area contributed by atoms with Gasteiger partial charge in [-0.2, -0.15) is 0 Å². The van der Waals surface area contributed by atoms with Crippen molar-refractivity contribution in [2.75, 3.05) is 0 Å². The number of esters is 2. The second-order valence-electron chi connectivity index (χ2n) is 10.9. The number of pyridine rings is 2. The summed E-state index contributed by atoms with van der Waals surface area (Å²) in [5.41, 5.74) is 3.01. The zero-order chi connectivity index (χ0) is 31.0. The average molecular weight is 597 g/mol. The number of para-hydroxylation sites is 2. The first-order valence-corrected chi connectivity index (χ1v) is 14.8. The van der Waals surface area contributed by atoms with Gasteiger partial charge >= 0.3 is 11.9 Å². The Labute approximate surface area is 263 Å². The third kappa shape index (κ3) is 4.88. The zero-order valence-electron chi connectivity index (χ0n) is 24.4. The number of benzene rings is 6. The minimum Gasteiger partial charge on any atom is -0.421 e. The number of aromatic nitrogens is 2. The molecule has 0 aliphatic carbocycles. The molecule has 0 spiro atoms. The molecule has 0 atom stereocenters. The molecule has 8 aromatic rings. The Morgan fingerprint density at radius 1 is 0.391 bits per heavy atom. The molecule has 0 bridgehead atoms. The van der Waals surface area contributed by atoms with Crippen molar-refractivity contribution in [3.63, 3.8) is 0 Å². The first kappa shape index (κ1) is 27.2. The summed E-state index contributed by atoms with van der Waals surface area (Å²) in [5, 5.41) is 5.38. The van der Waals surface area contributed by atoms with Gasteiger partial charge < -0.3 is 9.47 Å². The molecule has 6 nitrogen and oxygen atoms in total. The lowest BCUT2D eigenvalue weighted by Crippen LogP contribution is -2.13. The first-order valence-electron chi connectivity index (χ1n) is 14.8. The highest BCUT2D eigenvalue weighted by Crippen LogP contribution is 2.46. The molecule has 0 N–H and O–H groups in total. The van der Waals surface area contributed by atoms with Crippen molar-refractivity contribution >= 4 is 55.3 Å². The predicted octanol–water partition coefficient (Wildman–Crippen LogP) is 9.19. The third-order valence-electron chi connectivity index (χ3n) is 8.05. The van der Waals surface area contributed by atoms with Crippen LogP contribution < -0.4 is 9.47 Å². The van der Waals surface area contributed by atoms with Crippen LogP contribution in [0.3, 0.4) is 0 Å². The molecule has 6 heteroatoms. The summed E-state index contributed by atoms with van der Waals surface area (Å²) >= 11 is 0. The van der Waals surface area contributed by atoms with Gasteiger partial charge in [0, 0.05) is 21.9 Å². The number of hydrogen-bond donors (Lipinski definition) is 0. The Morgan fingerprint density at radius 3 is 1.22 bits per heavy atom. The Morgan fingerprint density at radius 2 is 0.761 bits per heavy atom. The largest absolute Gasteiger partial charge is 0.421 e. The fraction of sp³-hybridized carbons (Fsp3) is 0. The van der Waals surface area contributed by atoms with Crippen LogP contribution in [0, 0.1) is 0 Å². The molecule has 0 aliphatic heterocycles. The summed E-state index contributed by atoms with van der Waals surface area (Å²) in [4.78, 5) is 36.3. The fourth-order valence-electron chi connectivity index (χ4n) is 5.85. The zero-order valence-corrected chi connectivity index (χ0v) is 24.4. The minimum absolute atomic E-state index is 0.185. The van der Waals surface area contributed by atoms with Gasteiger partial charge in [-0.25, -0.2) is 19.6 Å². The highest BCUT2D eigenvalue weighted by Gasteiger charge is 2.23. The van der Waals surface area contributed by atoms with Gasteiger partial charge in [0.15, 0.2) is 0 Å². The molecule has 0 saturated carbocycles. The van der Waals surface area contributed by atoms with Crippen LogP contribution >= 0.6 is 0 Å². The van der Waals surface area contributed by atoms with Crippen LogP contribution in [-0.4, -0.2) is 21.9 Å². The minimum atomic E-state index is -0.596.